The van der Waals surface area contributed by atoms with Gasteiger partial charge >= 0.3 is 5.97 Å². The van der Waals surface area contributed by atoms with Crippen molar-refractivity contribution in [2.24, 2.45) is 0 Å². The van der Waals surface area contributed by atoms with Crippen LogP contribution in [0.15, 0.2) is 35.3 Å². The van der Waals surface area contributed by atoms with Crippen molar-refractivity contribution in [2.75, 3.05) is 18.2 Å². The molecular formula is C25H26FN3O5. The number of ether oxygens (including phenoxy) is 2. The number of hydrogen-bond donors (Lipinski definition) is 3. The second-order valence-electron chi connectivity index (χ2n) is 9.11. The Labute approximate surface area is 195 Å². The summed E-state index contributed by atoms with van der Waals surface area (Å²) in [6.45, 7) is 2.18. The minimum atomic E-state index is -1.37. The summed E-state index contributed by atoms with van der Waals surface area (Å²) in [5.74, 6) is -1.32. The topological polar surface area (TPSA) is 116 Å². The average molecular weight is 467 g/mol. The molecule has 1 unspecified atom stereocenters. The monoisotopic (exact) mass is 467 g/mol. The maximum absolute atomic E-state index is 15.6. The van der Waals surface area contributed by atoms with E-state index in [2.05, 4.69) is 5.32 Å². The fraction of sp³-hybridized carbons (Fsp3) is 0.360. The van der Waals surface area contributed by atoms with Gasteiger partial charge in [0.05, 0.1) is 29.8 Å². The van der Waals surface area contributed by atoms with Crippen LogP contribution in [0.2, 0.25) is 0 Å². The summed E-state index contributed by atoms with van der Waals surface area (Å²) in [7, 11) is 1.58. The number of nitrogen functional groups attached to an aromatic ring is 1. The summed E-state index contributed by atoms with van der Waals surface area (Å²) in [6.07, 6.45) is 4.29. The molecule has 1 aliphatic carbocycles. The first-order valence-corrected chi connectivity index (χ1v) is 11.2. The van der Waals surface area contributed by atoms with Gasteiger partial charge in [0.15, 0.2) is 11.6 Å². The molecule has 178 valence electrons. The number of rotatable bonds is 5. The number of aromatic carboxylic acids is 1. The Balaban J connectivity index is 1.74. The van der Waals surface area contributed by atoms with Gasteiger partial charge in [-0.15, -0.1) is 0 Å². The highest BCUT2D eigenvalue weighted by Gasteiger charge is 2.44. The molecule has 1 fully saturated rings. The van der Waals surface area contributed by atoms with Crippen LogP contribution in [0, 0.1) is 5.82 Å². The average Bonchev–Trinajstić information content (AvgIpc) is 2.92. The van der Waals surface area contributed by atoms with Gasteiger partial charge < -0.3 is 30.2 Å². The molecular weight excluding hydrogens is 441 g/mol. The summed E-state index contributed by atoms with van der Waals surface area (Å²) in [5.41, 5.74) is 5.40. The van der Waals surface area contributed by atoms with Crippen molar-refractivity contribution in [3.8, 4) is 11.5 Å². The van der Waals surface area contributed by atoms with Crippen LogP contribution in [-0.2, 0) is 12.1 Å². The van der Waals surface area contributed by atoms with E-state index in [1.165, 1.54) is 6.20 Å². The van der Waals surface area contributed by atoms with Gasteiger partial charge in [-0.2, -0.15) is 0 Å². The van der Waals surface area contributed by atoms with Gasteiger partial charge in [-0.1, -0.05) is 12.1 Å². The summed E-state index contributed by atoms with van der Waals surface area (Å²) in [4.78, 5) is 25.0. The first-order chi connectivity index (χ1) is 16.3. The van der Waals surface area contributed by atoms with E-state index in [0.717, 1.165) is 24.8 Å². The molecule has 4 N–H and O–H groups in total. The third kappa shape index (κ3) is 3.26. The Bertz CT molecular complexity index is 1360. The number of anilines is 2. The number of fused-ring (bicyclic) bond motifs is 1. The Kier molecular flexibility index (Phi) is 5.15. The van der Waals surface area contributed by atoms with Crippen LogP contribution in [0.4, 0.5) is 15.8 Å². The summed E-state index contributed by atoms with van der Waals surface area (Å²) < 4.78 is 28.8. The van der Waals surface area contributed by atoms with Crippen LogP contribution < -0.4 is 26.0 Å². The lowest BCUT2D eigenvalue weighted by molar-refractivity contribution is 0.0687. The standard InChI is InChI=1S/C25H26FN3O5/c1-13-10-25(8-3-9-25)29-12-16(24(31)32)22(30)17-19(27)18(26)20(23(34-13)21(17)29)28-11-14-4-6-15(33-2)7-5-14/h4-7,12-13,28H,3,8-11,27H2,1-2H3,(H,31,32). The van der Waals surface area contributed by atoms with Gasteiger partial charge in [-0.05, 0) is 43.9 Å². The predicted molar refractivity (Wildman–Crippen MR) is 126 cm³/mol. The van der Waals surface area contributed by atoms with Crippen LogP contribution in [0.1, 0.15) is 48.5 Å². The lowest BCUT2D eigenvalue weighted by Gasteiger charge is -2.44. The Morgan fingerprint density at radius 1 is 1.35 bits per heavy atom. The van der Waals surface area contributed by atoms with E-state index in [0.29, 0.717) is 17.7 Å². The predicted octanol–water partition coefficient (Wildman–Crippen LogP) is 4.09. The summed E-state index contributed by atoms with van der Waals surface area (Å²) in [5, 5.41) is 12.6. The van der Waals surface area contributed by atoms with E-state index in [-0.39, 0.29) is 35.2 Å². The normalized spacial score (nSPS) is 18.1. The van der Waals surface area contributed by atoms with E-state index in [1.807, 2.05) is 23.6 Å². The second kappa shape index (κ2) is 7.93. The van der Waals surface area contributed by atoms with E-state index in [1.54, 1.807) is 19.2 Å². The van der Waals surface area contributed by atoms with Gasteiger partial charge in [0.2, 0.25) is 5.43 Å². The van der Waals surface area contributed by atoms with Crippen molar-refractivity contribution in [1.82, 2.24) is 4.57 Å². The molecule has 2 aromatic carbocycles. The van der Waals surface area contributed by atoms with Crippen molar-refractivity contribution in [3.05, 3.63) is 57.6 Å². The van der Waals surface area contributed by atoms with E-state index in [4.69, 9.17) is 15.2 Å². The molecule has 5 rings (SSSR count). The third-order valence-corrected chi connectivity index (χ3v) is 7.02. The molecule has 1 aromatic heterocycles. The molecule has 0 saturated heterocycles. The highest BCUT2D eigenvalue weighted by Crippen LogP contribution is 2.51. The number of benzene rings is 2. The fourth-order valence-electron chi connectivity index (χ4n) is 5.19. The zero-order valence-electron chi connectivity index (χ0n) is 19.0. The van der Waals surface area contributed by atoms with Crippen LogP contribution in [-0.4, -0.2) is 28.9 Å². The molecule has 9 heteroatoms. The smallest absolute Gasteiger partial charge is 0.341 e. The number of nitrogens with one attached hydrogen (secondary N) is 1. The van der Waals surface area contributed by atoms with Crippen LogP contribution in [0.3, 0.4) is 0 Å². The number of carboxylic acid groups (broad SMARTS) is 1. The van der Waals surface area contributed by atoms with Gasteiger partial charge in [0.25, 0.3) is 0 Å². The van der Waals surface area contributed by atoms with E-state index < -0.39 is 28.3 Å². The minimum absolute atomic E-state index is 0.0558. The van der Waals surface area contributed by atoms with Crippen LogP contribution in [0.25, 0.3) is 10.9 Å². The van der Waals surface area contributed by atoms with Gasteiger partial charge in [-0.25, -0.2) is 9.18 Å². The van der Waals surface area contributed by atoms with Gasteiger partial charge in [0.1, 0.15) is 17.0 Å². The lowest BCUT2D eigenvalue weighted by atomic mass is 9.72. The molecule has 2 aliphatic rings. The number of methoxy groups -OCH3 is 1. The first-order valence-electron chi connectivity index (χ1n) is 11.2. The second-order valence-corrected chi connectivity index (χ2v) is 9.11. The van der Waals surface area contributed by atoms with Crippen molar-refractivity contribution in [1.29, 1.82) is 0 Å². The van der Waals surface area contributed by atoms with Gasteiger partial charge in [-0.3, -0.25) is 4.79 Å². The maximum Gasteiger partial charge on any atom is 0.341 e. The number of carbonyl (C=O) groups is 1. The number of hydrogen-bond acceptors (Lipinski definition) is 6. The fourth-order valence-corrected chi connectivity index (χ4v) is 5.19. The maximum atomic E-state index is 15.6. The van der Waals surface area contributed by atoms with Gasteiger partial charge in [0, 0.05) is 24.7 Å². The molecule has 2 heterocycles. The van der Waals surface area contributed by atoms with Crippen molar-refractivity contribution in [2.45, 2.75) is 50.8 Å². The number of nitrogens with zero attached hydrogens (tertiary/aromatic N) is 1. The zero-order chi connectivity index (χ0) is 24.2. The Morgan fingerprint density at radius 2 is 2.06 bits per heavy atom. The van der Waals surface area contributed by atoms with Crippen LogP contribution in [0.5, 0.6) is 11.5 Å². The molecule has 1 saturated carbocycles. The largest absolute Gasteiger partial charge is 0.497 e. The Hall–Kier alpha value is -3.75. The van der Waals surface area contributed by atoms with Crippen molar-refractivity contribution >= 4 is 28.2 Å². The number of carboxylic acids is 1. The van der Waals surface area contributed by atoms with Crippen LogP contribution >= 0.6 is 0 Å². The van der Waals surface area contributed by atoms with E-state index >= 15 is 4.39 Å². The third-order valence-electron chi connectivity index (χ3n) is 7.02. The number of nitrogens with two attached hydrogens (primary N) is 1. The quantitative estimate of drug-likeness (QED) is 0.484. The molecule has 8 nitrogen and oxygen atoms in total. The molecule has 0 bridgehead atoms. The molecule has 0 radical (unpaired) electrons. The molecule has 1 spiro atoms. The molecule has 1 aliphatic heterocycles. The van der Waals surface area contributed by atoms with Crippen molar-refractivity contribution in [3.63, 3.8) is 0 Å². The zero-order valence-corrected chi connectivity index (χ0v) is 19.0. The molecule has 1 atom stereocenters. The number of pyridine rings is 1. The lowest BCUT2D eigenvalue weighted by Crippen LogP contribution is -2.43. The molecule has 34 heavy (non-hydrogen) atoms. The SMILES string of the molecule is COc1ccc(CNc2c(F)c(N)c3c(=O)c(C(=O)O)cn4c3c2OC(C)CC42CCC2)cc1. The number of aromatic nitrogens is 1. The number of halogens is 1. The highest BCUT2D eigenvalue weighted by molar-refractivity contribution is 6.03. The first kappa shape index (κ1) is 22.1. The highest BCUT2D eigenvalue weighted by atomic mass is 19.1. The molecule has 0 amide bonds. The van der Waals surface area contributed by atoms with E-state index in [9.17, 15) is 14.7 Å². The minimum Gasteiger partial charge on any atom is -0.497 e. The summed E-state index contributed by atoms with van der Waals surface area (Å²) >= 11 is 0. The Morgan fingerprint density at radius 3 is 2.65 bits per heavy atom. The summed E-state index contributed by atoms with van der Waals surface area (Å²) in [6, 6.07) is 7.32. The molecule has 3 aromatic rings. The van der Waals surface area contributed by atoms with Crippen molar-refractivity contribution < 1.29 is 23.8 Å².